The predicted octanol–water partition coefficient (Wildman–Crippen LogP) is 3.59. The summed E-state index contributed by atoms with van der Waals surface area (Å²) in [5.41, 5.74) is 8.71. The number of aromatic nitrogens is 2. The van der Waals surface area contributed by atoms with Crippen molar-refractivity contribution >= 4 is 27.0 Å². The maximum Gasteiger partial charge on any atom is 0.141 e. The molecule has 0 saturated heterocycles. The van der Waals surface area contributed by atoms with Gasteiger partial charge in [-0.3, -0.25) is 0 Å². The summed E-state index contributed by atoms with van der Waals surface area (Å²) in [4.78, 5) is 7.59. The highest BCUT2D eigenvalue weighted by molar-refractivity contribution is 9.10. The summed E-state index contributed by atoms with van der Waals surface area (Å²) in [6.07, 6.45) is 0. The molecule has 0 bridgehead atoms. The Morgan fingerprint density at radius 3 is 2.89 bits per heavy atom. The number of rotatable bonds is 2. The van der Waals surface area contributed by atoms with Crippen molar-refractivity contribution in [3.05, 3.63) is 52.3 Å². The van der Waals surface area contributed by atoms with Crippen LogP contribution < -0.4 is 5.73 Å². The molecule has 3 nitrogen and oxygen atoms in total. The normalized spacial score (nSPS) is 11.1. The van der Waals surface area contributed by atoms with Gasteiger partial charge < -0.3 is 10.7 Å². The summed E-state index contributed by atoms with van der Waals surface area (Å²) >= 11 is 3.34. The monoisotopic (exact) mass is 319 g/mol. The summed E-state index contributed by atoms with van der Waals surface area (Å²) in [6.45, 7) is 0.405. The number of aromatic amines is 1. The second-order valence-corrected chi connectivity index (χ2v) is 5.14. The molecule has 0 spiro atoms. The van der Waals surface area contributed by atoms with Gasteiger partial charge in [0, 0.05) is 11.0 Å². The molecule has 0 aliphatic rings. The Labute approximate surface area is 117 Å². The van der Waals surface area contributed by atoms with Crippen LogP contribution in [-0.4, -0.2) is 9.97 Å². The van der Waals surface area contributed by atoms with Crippen molar-refractivity contribution in [2.45, 2.75) is 6.54 Å². The Bertz CT molecular complexity index is 752. The highest BCUT2D eigenvalue weighted by Crippen LogP contribution is 2.27. The van der Waals surface area contributed by atoms with Crippen LogP contribution in [0.5, 0.6) is 0 Å². The van der Waals surface area contributed by atoms with Gasteiger partial charge in [0.2, 0.25) is 0 Å². The van der Waals surface area contributed by atoms with Crippen LogP contribution in [0.15, 0.2) is 40.9 Å². The van der Waals surface area contributed by atoms with Crippen molar-refractivity contribution < 1.29 is 4.39 Å². The van der Waals surface area contributed by atoms with Crippen LogP contribution in [0.25, 0.3) is 22.4 Å². The Morgan fingerprint density at radius 2 is 2.11 bits per heavy atom. The zero-order valence-corrected chi connectivity index (χ0v) is 11.5. The van der Waals surface area contributed by atoms with E-state index >= 15 is 0 Å². The first-order valence-corrected chi connectivity index (χ1v) is 6.61. The van der Waals surface area contributed by atoms with Gasteiger partial charge in [0.05, 0.1) is 16.6 Å². The van der Waals surface area contributed by atoms with E-state index in [2.05, 4.69) is 25.9 Å². The van der Waals surface area contributed by atoms with Crippen LogP contribution in [0.2, 0.25) is 0 Å². The summed E-state index contributed by atoms with van der Waals surface area (Å²) in [7, 11) is 0. The average molecular weight is 320 g/mol. The molecule has 0 saturated carbocycles. The van der Waals surface area contributed by atoms with Gasteiger partial charge in [0.1, 0.15) is 11.6 Å². The molecule has 0 atom stereocenters. The van der Waals surface area contributed by atoms with Crippen molar-refractivity contribution in [3.8, 4) is 11.4 Å². The summed E-state index contributed by atoms with van der Waals surface area (Å²) in [5.74, 6) is 0.200. The van der Waals surface area contributed by atoms with Crippen LogP contribution in [0, 0.1) is 5.82 Å². The van der Waals surface area contributed by atoms with Gasteiger partial charge in [-0.2, -0.15) is 0 Å². The number of nitrogens with one attached hydrogen (secondary N) is 1. The van der Waals surface area contributed by atoms with Gasteiger partial charge >= 0.3 is 0 Å². The number of hydrogen-bond acceptors (Lipinski definition) is 2. The molecule has 3 aromatic rings. The van der Waals surface area contributed by atoms with Crippen LogP contribution in [0.3, 0.4) is 0 Å². The SMILES string of the molecule is NCc1cccc2[nH]c(-c3cc(Br)ccc3F)nc12. The predicted molar refractivity (Wildman–Crippen MR) is 77.1 cm³/mol. The summed E-state index contributed by atoms with van der Waals surface area (Å²) in [6, 6.07) is 10.5. The highest BCUT2D eigenvalue weighted by atomic mass is 79.9. The largest absolute Gasteiger partial charge is 0.338 e. The zero-order valence-electron chi connectivity index (χ0n) is 9.95. The first kappa shape index (κ1) is 12.3. The number of halogens is 2. The lowest BCUT2D eigenvalue weighted by Gasteiger charge is -1.99. The molecule has 2 aromatic carbocycles. The van der Waals surface area contributed by atoms with Crippen molar-refractivity contribution in [2.24, 2.45) is 5.73 Å². The van der Waals surface area contributed by atoms with E-state index in [0.29, 0.717) is 17.9 Å². The first-order valence-electron chi connectivity index (χ1n) is 5.82. The van der Waals surface area contributed by atoms with Crippen molar-refractivity contribution in [1.82, 2.24) is 9.97 Å². The van der Waals surface area contributed by atoms with Crippen LogP contribution in [0.4, 0.5) is 4.39 Å². The summed E-state index contributed by atoms with van der Waals surface area (Å²) < 4.78 is 14.7. The van der Waals surface area contributed by atoms with Crippen LogP contribution >= 0.6 is 15.9 Å². The van der Waals surface area contributed by atoms with Gasteiger partial charge in [0.25, 0.3) is 0 Å². The Morgan fingerprint density at radius 1 is 1.26 bits per heavy atom. The maximum atomic E-state index is 13.9. The lowest BCUT2D eigenvalue weighted by atomic mass is 10.2. The number of benzene rings is 2. The van der Waals surface area contributed by atoms with E-state index in [1.54, 1.807) is 12.1 Å². The molecule has 0 aliphatic carbocycles. The number of fused-ring (bicyclic) bond motifs is 1. The van der Waals surface area contributed by atoms with E-state index in [1.165, 1.54) is 6.07 Å². The Kier molecular flexibility index (Phi) is 3.08. The molecular formula is C14H11BrFN3. The fourth-order valence-electron chi connectivity index (χ4n) is 2.06. The Hall–Kier alpha value is -1.72. The van der Waals surface area contributed by atoms with Gasteiger partial charge in [-0.05, 0) is 29.8 Å². The molecule has 0 aliphatic heterocycles. The molecule has 5 heteroatoms. The topological polar surface area (TPSA) is 54.7 Å². The lowest BCUT2D eigenvalue weighted by molar-refractivity contribution is 0.630. The zero-order chi connectivity index (χ0) is 13.4. The number of nitrogens with zero attached hydrogens (tertiary/aromatic N) is 1. The van der Waals surface area contributed by atoms with E-state index in [9.17, 15) is 4.39 Å². The van der Waals surface area contributed by atoms with Crippen molar-refractivity contribution in [1.29, 1.82) is 0 Å². The third-order valence-corrected chi connectivity index (χ3v) is 3.49. The van der Waals surface area contributed by atoms with Crippen LogP contribution in [-0.2, 0) is 6.54 Å². The van der Waals surface area contributed by atoms with Crippen molar-refractivity contribution in [3.63, 3.8) is 0 Å². The fourth-order valence-corrected chi connectivity index (χ4v) is 2.42. The molecule has 0 radical (unpaired) electrons. The average Bonchev–Trinajstić information content (AvgIpc) is 2.85. The second kappa shape index (κ2) is 4.75. The van der Waals surface area contributed by atoms with E-state index in [1.807, 2.05) is 18.2 Å². The molecule has 19 heavy (non-hydrogen) atoms. The standard InChI is InChI=1S/C14H11BrFN3/c15-9-4-5-11(16)10(6-9)14-18-12-3-1-2-8(7-17)13(12)19-14/h1-6H,7,17H2,(H,18,19). The van der Waals surface area contributed by atoms with Crippen LogP contribution in [0.1, 0.15) is 5.56 Å². The van der Waals surface area contributed by atoms with E-state index in [-0.39, 0.29) is 5.82 Å². The highest BCUT2D eigenvalue weighted by Gasteiger charge is 2.12. The van der Waals surface area contributed by atoms with Gasteiger partial charge in [-0.25, -0.2) is 9.37 Å². The first-order chi connectivity index (χ1) is 9.19. The maximum absolute atomic E-state index is 13.9. The number of imidazole rings is 1. The van der Waals surface area contributed by atoms with E-state index in [0.717, 1.165) is 21.1 Å². The smallest absolute Gasteiger partial charge is 0.141 e. The fraction of sp³-hybridized carbons (Fsp3) is 0.0714. The molecule has 0 unspecified atom stereocenters. The summed E-state index contributed by atoms with van der Waals surface area (Å²) in [5, 5.41) is 0. The number of para-hydroxylation sites is 1. The minimum absolute atomic E-state index is 0.309. The lowest BCUT2D eigenvalue weighted by Crippen LogP contribution is -1.96. The number of nitrogens with two attached hydrogens (primary N) is 1. The van der Waals surface area contributed by atoms with Crippen molar-refractivity contribution in [2.75, 3.05) is 0 Å². The molecule has 0 fully saturated rings. The number of hydrogen-bond donors (Lipinski definition) is 2. The quantitative estimate of drug-likeness (QED) is 0.758. The van der Waals surface area contributed by atoms with Gasteiger partial charge in [0.15, 0.2) is 0 Å². The molecule has 96 valence electrons. The minimum atomic E-state index is -0.309. The van der Waals surface area contributed by atoms with E-state index < -0.39 is 0 Å². The van der Waals surface area contributed by atoms with Gasteiger partial charge in [-0.15, -0.1) is 0 Å². The third kappa shape index (κ3) is 2.15. The van der Waals surface area contributed by atoms with E-state index in [4.69, 9.17) is 5.73 Å². The molecule has 1 heterocycles. The number of H-pyrrole nitrogens is 1. The molecule has 3 rings (SSSR count). The molecule has 1 aromatic heterocycles. The third-order valence-electron chi connectivity index (χ3n) is 3.00. The second-order valence-electron chi connectivity index (χ2n) is 4.23. The van der Waals surface area contributed by atoms with Gasteiger partial charge in [-0.1, -0.05) is 28.1 Å². The Balaban J connectivity index is 2.23. The molecule has 0 amide bonds. The minimum Gasteiger partial charge on any atom is -0.338 e. The molecule has 3 N–H and O–H groups in total. The molecular weight excluding hydrogens is 309 g/mol.